The van der Waals surface area contributed by atoms with Crippen molar-refractivity contribution in [2.24, 2.45) is 5.16 Å². The minimum atomic E-state index is -0.477. The second-order valence-electron chi connectivity index (χ2n) is 4.44. The zero-order chi connectivity index (χ0) is 14.8. The number of hydrogen-bond acceptors (Lipinski definition) is 3. The number of carbonyl (C=O) groups is 1. The number of oxime groups is 1. The van der Waals surface area contributed by atoms with Crippen molar-refractivity contribution in [1.82, 2.24) is 0 Å². The standard InChI is InChI=1S/C16H9Cl2NO2/c17-12-5-1-10(2-6-12)9-14-15(19-21-16(14)20)11-3-7-13(18)8-4-11/h1-9H/b14-9-. The molecule has 0 aliphatic carbocycles. The largest absolute Gasteiger partial charge is 0.368 e. The third-order valence-electron chi connectivity index (χ3n) is 2.99. The van der Waals surface area contributed by atoms with E-state index in [0.717, 1.165) is 11.1 Å². The first kappa shape index (κ1) is 13.9. The highest BCUT2D eigenvalue weighted by Gasteiger charge is 2.26. The highest BCUT2D eigenvalue weighted by molar-refractivity contribution is 6.33. The molecule has 0 fully saturated rings. The maximum atomic E-state index is 11.8. The molecule has 0 bridgehead atoms. The quantitative estimate of drug-likeness (QED) is 0.610. The highest BCUT2D eigenvalue weighted by Crippen LogP contribution is 2.22. The van der Waals surface area contributed by atoms with E-state index in [1.165, 1.54) is 0 Å². The fraction of sp³-hybridized carbons (Fsp3) is 0. The van der Waals surface area contributed by atoms with Crippen LogP contribution in [0.5, 0.6) is 0 Å². The molecular weight excluding hydrogens is 309 g/mol. The van der Waals surface area contributed by atoms with Crippen molar-refractivity contribution in [1.29, 1.82) is 0 Å². The van der Waals surface area contributed by atoms with Gasteiger partial charge in [-0.25, -0.2) is 4.79 Å². The molecule has 0 saturated heterocycles. The van der Waals surface area contributed by atoms with Crippen LogP contribution in [0.15, 0.2) is 59.3 Å². The molecule has 0 amide bonds. The number of hydrogen-bond donors (Lipinski definition) is 0. The molecule has 2 aromatic carbocycles. The van der Waals surface area contributed by atoms with Crippen LogP contribution in [0.2, 0.25) is 10.0 Å². The van der Waals surface area contributed by atoms with Crippen molar-refractivity contribution in [3.8, 4) is 0 Å². The summed E-state index contributed by atoms with van der Waals surface area (Å²) in [5, 5.41) is 5.10. The summed E-state index contributed by atoms with van der Waals surface area (Å²) in [6, 6.07) is 14.2. The van der Waals surface area contributed by atoms with Gasteiger partial charge in [-0.15, -0.1) is 0 Å². The van der Waals surface area contributed by atoms with Crippen molar-refractivity contribution < 1.29 is 9.63 Å². The number of benzene rings is 2. The monoisotopic (exact) mass is 317 g/mol. The van der Waals surface area contributed by atoms with Crippen molar-refractivity contribution in [3.05, 3.63) is 75.3 Å². The Balaban J connectivity index is 1.99. The van der Waals surface area contributed by atoms with Crippen molar-refractivity contribution >= 4 is 41.0 Å². The summed E-state index contributed by atoms with van der Waals surface area (Å²) in [5.41, 5.74) is 2.51. The predicted molar refractivity (Wildman–Crippen MR) is 83.5 cm³/mol. The second kappa shape index (κ2) is 5.72. The third kappa shape index (κ3) is 2.99. The van der Waals surface area contributed by atoms with E-state index in [9.17, 15) is 4.79 Å². The fourth-order valence-corrected chi connectivity index (χ4v) is 2.20. The number of nitrogens with zero attached hydrogens (tertiary/aromatic N) is 1. The summed E-state index contributed by atoms with van der Waals surface area (Å²) in [4.78, 5) is 16.6. The summed E-state index contributed by atoms with van der Waals surface area (Å²) in [5.74, 6) is -0.477. The summed E-state index contributed by atoms with van der Waals surface area (Å²) >= 11 is 11.7. The van der Waals surface area contributed by atoms with Gasteiger partial charge in [0, 0.05) is 15.6 Å². The van der Waals surface area contributed by atoms with E-state index in [4.69, 9.17) is 28.0 Å². The van der Waals surface area contributed by atoms with Crippen molar-refractivity contribution in [3.63, 3.8) is 0 Å². The third-order valence-corrected chi connectivity index (χ3v) is 3.50. The molecule has 0 aromatic heterocycles. The van der Waals surface area contributed by atoms with Crippen LogP contribution in [0.1, 0.15) is 11.1 Å². The Hall–Kier alpha value is -2.10. The van der Waals surface area contributed by atoms with Crippen molar-refractivity contribution in [2.75, 3.05) is 0 Å². The van der Waals surface area contributed by atoms with E-state index in [1.807, 2.05) is 12.1 Å². The van der Waals surface area contributed by atoms with Crippen LogP contribution in [0.3, 0.4) is 0 Å². The van der Waals surface area contributed by atoms with Crippen LogP contribution in [0.25, 0.3) is 6.08 Å². The molecule has 0 radical (unpaired) electrons. The summed E-state index contributed by atoms with van der Waals surface area (Å²) in [6.45, 7) is 0. The van der Waals surface area contributed by atoms with Gasteiger partial charge in [0.05, 0.1) is 5.57 Å². The number of carbonyl (C=O) groups excluding carboxylic acids is 1. The average Bonchev–Trinajstić information content (AvgIpc) is 2.84. The Morgan fingerprint density at radius 1 is 0.905 bits per heavy atom. The molecule has 1 heterocycles. The smallest absolute Gasteiger partial charge is 0.312 e. The lowest BCUT2D eigenvalue weighted by molar-refractivity contribution is -0.136. The first-order valence-corrected chi connectivity index (χ1v) is 6.92. The van der Waals surface area contributed by atoms with Gasteiger partial charge in [0.1, 0.15) is 5.71 Å². The van der Waals surface area contributed by atoms with E-state index >= 15 is 0 Å². The van der Waals surface area contributed by atoms with Crippen LogP contribution in [0, 0.1) is 0 Å². The van der Waals surface area contributed by atoms with Gasteiger partial charge >= 0.3 is 5.97 Å². The van der Waals surface area contributed by atoms with Gasteiger partial charge in [0.25, 0.3) is 0 Å². The Bertz CT molecular complexity index is 747. The Kier molecular flexibility index (Phi) is 3.78. The molecule has 1 aliphatic rings. The van der Waals surface area contributed by atoms with Crippen LogP contribution < -0.4 is 0 Å². The van der Waals surface area contributed by atoms with Gasteiger partial charge in [-0.1, -0.05) is 52.6 Å². The minimum absolute atomic E-state index is 0.402. The Morgan fingerprint density at radius 2 is 1.48 bits per heavy atom. The molecule has 0 spiro atoms. The summed E-state index contributed by atoms with van der Waals surface area (Å²) in [6.07, 6.45) is 1.72. The predicted octanol–water partition coefficient (Wildman–Crippen LogP) is 4.34. The van der Waals surface area contributed by atoms with Crippen LogP contribution in [-0.4, -0.2) is 11.7 Å². The molecule has 2 aromatic rings. The zero-order valence-corrected chi connectivity index (χ0v) is 12.2. The van der Waals surface area contributed by atoms with Gasteiger partial charge in [0.2, 0.25) is 0 Å². The van der Waals surface area contributed by atoms with E-state index in [-0.39, 0.29) is 0 Å². The van der Waals surface area contributed by atoms with Gasteiger partial charge in [-0.3, -0.25) is 0 Å². The summed E-state index contributed by atoms with van der Waals surface area (Å²) < 4.78 is 0. The minimum Gasteiger partial charge on any atom is -0.312 e. The lowest BCUT2D eigenvalue weighted by Gasteiger charge is -2.01. The first-order valence-electron chi connectivity index (χ1n) is 6.16. The molecular formula is C16H9Cl2NO2. The lowest BCUT2D eigenvalue weighted by Crippen LogP contribution is -2.06. The van der Waals surface area contributed by atoms with E-state index < -0.39 is 5.97 Å². The van der Waals surface area contributed by atoms with E-state index in [0.29, 0.717) is 21.3 Å². The summed E-state index contributed by atoms with van der Waals surface area (Å²) in [7, 11) is 0. The normalized spacial score (nSPS) is 16.0. The van der Waals surface area contributed by atoms with Gasteiger partial charge in [-0.05, 0) is 35.9 Å². The van der Waals surface area contributed by atoms with Crippen LogP contribution >= 0.6 is 23.2 Å². The number of rotatable bonds is 2. The van der Waals surface area contributed by atoms with Gasteiger partial charge in [-0.2, -0.15) is 0 Å². The molecule has 0 unspecified atom stereocenters. The maximum Gasteiger partial charge on any atom is 0.368 e. The topological polar surface area (TPSA) is 38.7 Å². The van der Waals surface area contributed by atoms with E-state index in [2.05, 4.69) is 5.16 Å². The molecule has 3 rings (SSSR count). The molecule has 5 heteroatoms. The number of halogens is 2. The SMILES string of the molecule is O=C1ON=C(c2ccc(Cl)cc2)/C1=C/c1ccc(Cl)cc1. The molecule has 1 aliphatic heterocycles. The van der Waals surface area contributed by atoms with Crippen molar-refractivity contribution in [2.45, 2.75) is 0 Å². The lowest BCUT2D eigenvalue weighted by atomic mass is 10.0. The molecule has 21 heavy (non-hydrogen) atoms. The van der Waals surface area contributed by atoms with Gasteiger partial charge < -0.3 is 4.84 Å². The first-order chi connectivity index (χ1) is 10.1. The highest BCUT2D eigenvalue weighted by atomic mass is 35.5. The maximum absolute atomic E-state index is 11.8. The fourth-order valence-electron chi connectivity index (χ4n) is 1.95. The second-order valence-corrected chi connectivity index (χ2v) is 5.31. The van der Waals surface area contributed by atoms with Gasteiger partial charge in [0.15, 0.2) is 0 Å². The Morgan fingerprint density at radius 3 is 2.10 bits per heavy atom. The van der Waals surface area contributed by atoms with E-state index in [1.54, 1.807) is 42.5 Å². The average molecular weight is 318 g/mol. The molecule has 0 N–H and O–H groups in total. The molecule has 3 nitrogen and oxygen atoms in total. The zero-order valence-electron chi connectivity index (χ0n) is 10.7. The van der Waals surface area contributed by atoms with Crippen LogP contribution in [-0.2, 0) is 9.63 Å². The molecule has 0 atom stereocenters. The molecule has 0 saturated carbocycles. The Labute approximate surface area is 131 Å². The van der Waals surface area contributed by atoms with Crippen LogP contribution in [0.4, 0.5) is 0 Å². The molecule has 104 valence electrons.